The number of likely N-dealkylation sites (N-methyl/N-ethyl adjacent to an activating group) is 1. The number of amides is 2. The normalized spacial score (nSPS) is 12.0. The van der Waals surface area contributed by atoms with E-state index in [1.807, 2.05) is 19.0 Å². The van der Waals surface area contributed by atoms with Crippen LogP contribution in [-0.2, 0) is 16.0 Å². The van der Waals surface area contributed by atoms with E-state index in [9.17, 15) is 9.59 Å². The van der Waals surface area contributed by atoms with Crippen LogP contribution in [-0.4, -0.2) is 55.7 Å². The Morgan fingerprint density at radius 1 is 1.20 bits per heavy atom. The molecule has 1 atom stereocenters. The number of hydrogen-bond donors (Lipinski definition) is 2. The quantitative estimate of drug-likeness (QED) is 0.591. The maximum absolute atomic E-state index is 12.3. The van der Waals surface area contributed by atoms with Gasteiger partial charge in [0, 0.05) is 30.7 Å². The molecule has 1 aromatic rings. The van der Waals surface area contributed by atoms with Gasteiger partial charge in [-0.25, -0.2) is 0 Å². The zero-order valence-electron chi connectivity index (χ0n) is 15.8. The van der Waals surface area contributed by atoms with E-state index >= 15 is 0 Å². The second-order valence-corrected chi connectivity index (χ2v) is 7.50. The van der Waals surface area contributed by atoms with Crippen molar-refractivity contribution in [3.05, 3.63) is 29.8 Å². The van der Waals surface area contributed by atoms with Gasteiger partial charge in [-0.2, -0.15) is 0 Å². The molecule has 2 N–H and O–H groups in total. The van der Waals surface area contributed by atoms with Gasteiger partial charge in [0.1, 0.15) is 6.04 Å². The van der Waals surface area contributed by atoms with E-state index in [0.29, 0.717) is 12.3 Å². The molecule has 0 aliphatic heterocycles. The lowest BCUT2D eigenvalue weighted by atomic mass is 10.1. The van der Waals surface area contributed by atoms with Crippen molar-refractivity contribution >= 4 is 23.6 Å². The average molecular weight is 366 g/mol. The highest BCUT2D eigenvalue weighted by molar-refractivity contribution is 7.99. The first kappa shape index (κ1) is 21.5. The molecule has 25 heavy (non-hydrogen) atoms. The molecule has 1 aromatic carbocycles. The molecule has 0 saturated heterocycles. The number of carbonyl (C=O) groups is 2. The largest absolute Gasteiger partial charge is 0.353 e. The summed E-state index contributed by atoms with van der Waals surface area (Å²) in [6, 6.07) is 7.93. The van der Waals surface area contributed by atoms with E-state index in [1.165, 1.54) is 25.3 Å². The number of rotatable bonds is 11. The summed E-state index contributed by atoms with van der Waals surface area (Å²) in [6.07, 6.45) is 3.49. The fourth-order valence-electron chi connectivity index (χ4n) is 2.27. The molecule has 1 unspecified atom stereocenters. The lowest BCUT2D eigenvalue weighted by Gasteiger charge is -2.18. The van der Waals surface area contributed by atoms with Crippen LogP contribution in [0.5, 0.6) is 0 Å². The van der Waals surface area contributed by atoms with Crippen LogP contribution >= 0.6 is 11.8 Å². The van der Waals surface area contributed by atoms with Gasteiger partial charge in [-0.3, -0.25) is 9.59 Å². The van der Waals surface area contributed by atoms with Gasteiger partial charge in [0.15, 0.2) is 0 Å². The van der Waals surface area contributed by atoms with Crippen LogP contribution < -0.4 is 10.6 Å². The van der Waals surface area contributed by atoms with Crippen LogP contribution in [0.15, 0.2) is 29.2 Å². The molecule has 0 radical (unpaired) electrons. The monoisotopic (exact) mass is 365 g/mol. The predicted molar refractivity (Wildman–Crippen MR) is 105 cm³/mol. The molecular weight excluding hydrogens is 334 g/mol. The molecule has 0 heterocycles. The van der Waals surface area contributed by atoms with Gasteiger partial charge in [-0.05, 0) is 44.6 Å². The Balaban J connectivity index is 2.54. The third-order valence-corrected chi connectivity index (χ3v) is 4.82. The predicted octanol–water partition coefficient (Wildman–Crippen LogP) is 2.30. The molecule has 5 nitrogen and oxygen atoms in total. The Kier molecular flexibility index (Phi) is 10.3. The fraction of sp³-hybridized carbons (Fsp3) is 0.579. The number of benzene rings is 1. The summed E-state index contributed by atoms with van der Waals surface area (Å²) < 4.78 is 0. The Hall–Kier alpha value is -1.53. The zero-order chi connectivity index (χ0) is 18.7. The summed E-state index contributed by atoms with van der Waals surface area (Å²) in [5.74, 6) is 0.189. The van der Waals surface area contributed by atoms with Gasteiger partial charge in [0.05, 0.1) is 0 Å². The molecule has 0 bridgehead atoms. The third kappa shape index (κ3) is 9.51. The van der Waals surface area contributed by atoms with Gasteiger partial charge in [-0.15, -0.1) is 11.8 Å². The van der Waals surface area contributed by atoms with Gasteiger partial charge in [0.25, 0.3) is 0 Å². The first-order valence-corrected chi connectivity index (χ1v) is 9.82. The van der Waals surface area contributed by atoms with Crippen molar-refractivity contribution in [2.45, 2.75) is 44.0 Å². The van der Waals surface area contributed by atoms with E-state index in [2.05, 4.69) is 41.8 Å². The van der Waals surface area contributed by atoms with Crippen LogP contribution in [0.2, 0.25) is 0 Å². The highest BCUT2D eigenvalue weighted by atomic mass is 32.2. The number of carbonyl (C=O) groups excluding carboxylic acids is 2. The van der Waals surface area contributed by atoms with E-state index in [-0.39, 0.29) is 11.8 Å². The number of nitrogens with zero attached hydrogens (tertiary/aromatic N) is 1. The minimum Gasteiger partial charge on any atom is -0.353 e. The maximum Gasteiger partial charge on any atom is 0.243 e. The molecular formula is C19H31N3O2S. The summed E-state index contributed by atoms with van der Waals surface area (Å²) in [5, 5.41) is 5.62. The number of nitrogens with one attached hydrogen (secondary N) is 2. The topological polar surface area (TPSA) is 61.4 Å². The fourth-order valence-corrected chi connectivity index (χ4v) is 3.19. The summed E-state index contributed by atoms with van der Waals surface area (Å²) in [7, 11) is 3.91. The van der Waals surface area contributed by atoms with E-state index in [1.54, 1.807) is 11.8 Å². The highest BCUT2D eigenvalue weighted by Gasteiger charge is 2.19. The smallest absolute Gasteiger partial charge is 0.243 e. The Morgan fingerprint density at radius 2 is 1.88 bits per heavy atom. The van der Waals surface area contributed by atoms with Gasteiger partial charge in [0.2, 0.25) is 11.8 Å². The van der Waals surface area contributed by atoms with Crippen molar-refractivity contribution in [1.82, 2.24) is 15.5 Å². The lowest BCUT2D eigenvalue weighted by molar-refractivity contribution is -0.127. The van der Waals surface area contributed by atoms with Crippen molar-refractivity contribution in [2.24, 2.45) is 0 Å². The van der Waals surface area contributed by atoms with Gasteiger partial charge in [-0.1, -0.05) is 25.5 Å². The van der Waals surface area contributed by atoms with E-state index < -0.39 is 6.04 Å². The minimum atomic E-state index is -0.524. The van der Waals surface area contributed by atoms with Crippen molar-refractivity contribution in [1.29, 1.82) is 0 Å². The molecule has 1 rings (SSSR count). The van der Waals surface area contributed by atoms with Crippen LogP contribution in [0.4, 0.5) is 0 Å². The van der Waals surface area contributed by atoms with Gasteiger partial charge < -0.3 is 15.5 Å². The molecule has 0 spiro atoms. The molecule has 0 saturated carbocycles. The standard InChI is InChI=1S/C19H31N3O2S/c1-5-6-7-16-8-10-17(11-9-16)25-14-18(21-15(2)23)19(24)20-12-13-22(3)4/h8-11,18H,5-7,12-14H2,1-4H3,(H,20,24)(H,21,23). The van der Waals surface area contributed by atoms with Crippen LogP contribution in [0.1, 0.15) is 32.3 Å². The molecule has 0 fully saturated rings. The Morgan fingerprint density at radius 3 is 2.44 bits per heavy atom. The van der Waals surface area contributed by atoms with Crippen molar-refractivity contribution in [3.63, 3.8) is 0 Å². The van der Waals surface area contributed by atoms with Crippen molar-refractivity contribution < 1.29 is 9.59 Å². The maximum atomic E-state index is 12.3. The van der Waals surface area contributed by atoms with E-state index in [4.69, 9.17) is 0 Å². The first-order chi connectivity index (χ1) is 11.9. The summed E-state index contributed by atoms with van der Waals surface area (Å²) in [5.41, 5.74) is 1.34. The number of hydrogen-bond acceptors (Lipinski definition) is 4. The van der Waals surface area contributed by atoms with Crippen LogP contribution in [0.25, 0.3) is 0 Å². The first-order valence-electron chi connectivity index (χ1n) is 8.83. The summed E-state index contributed by atoms with van der Waals surface area (Å²) >= 11 is 1.59. The second-order valence-electron chi connectivity index (χ2n) is 6.41. The van der Waals surface area contributed by atoms with Crippen LogP contribution in [0.3, 0.4) is 0 Å². The minimum absolute atomic E-state index is 0.135. The number of thioether (sulfide) groups is 1. The summed E-state index contributed by atoms with van der Waals surface area (Å²) in [6.45, 7) is 4.97. The summed E-state index contributed by atoms with van der Waals surface area (Å²) in [4.78, 5) is 26.8. The Labute approximate surface area is 155 Å². The SMILES string of the molecule is CCCCc1ccc(SCC(NC(C)=O)C(=O)NCCN(C)C)cc1. The number of aryl methyl sites for hydroxylation is 1. The number of unbranched alkanes of at least 4 members (excludes halogenated alkanes) is 1. The molecule has 2 amide bonds. The zero-order valence-corrected chi connectivity index (χ0v) is 16.6. The van der Waals surface area contributed by atoms with Crippen molar-refractivity contribution in [2.75, 3.05) is 32.9 Å². The second kappa shape index (κ2) is 11.9. The van der Waals surface area contributed by atoms with Gasteiger partial charge >= 0.3 is 0 Å². The van der Waals surface area contributed by atoms with E-state index in [0.717, 1.165) is 17.9 Å². The molecule has 0 aliphatic rings. The van der Waals surface area contributed by atoms with Crippen LogP contribution in [0, 0.1) is 0 Å². The average Bonchev–Trinajstić information content (AvgIpc) is 2.57. The van der Waals surface area contributed by atoms with Crippen molar-refractivity contribution in [3.8, 4) is 0 Å². The molecule has 0 aromatic heterocycles. The molecule has 6 heteroatoms. The third-order valence-electron chi connectivity index (χ3n) is 3.71. The molecule has 140 valence electrons. The molecule has 0 aliphatic carbocycles. The highest BCUT2D eigenvalue weighted by Crippen LogP contribution is 2.20. The lowest BCUT2D eigenvalue weighted by Crippen LogP contribution is -2.48. The Bertz CT molecular complexity index is 532.